The van der Waals surface area contributed by atoms with Crippen molar-refractivity contribution in [3.63, 3.8) is 0 Å². The van der Waals surface area contributed by atoms with Gasteiger partial charge >= 0.3 is 0 Å². The minimum atomic E-state index is -1.07. The average molecular weight is 531 g/mol. The van der Waals surface area contributed by atoms with Crippen molar-refractivity contribution < 1.29 is 31.8 Å². The molecular formula is C31H34F4O3. The topological polar surface area (TPSA) is 27.7 Å². The summed E-state index contributed by atoms with van der Waals surface area (Å²) in [7, 11) is 0. The van der Waals surface area contributed by atoms with Crippen LogP contribution < -0.4 is 4.74 Å². The van der Waals surface area contributed by atoms with Crippen LogP contribution in [0.2, 0.25) is 0 Å². The Kier molecular flexibility index (Phi) is 9.80. The highest BCUT2D eigenvalue weighted by Gasteiger charge is 2.28. The molecule has 3 aromatic rings. The summed E-state index contributed by atoms with van der Waals surface area (Å²) in [6, 6.07) is 11.9. The lowest BCUT2D eigenvalue weighted by molar-refractivity contribution is -0.207. The fourth-order valence-corrected chi connectivity index (χ4v) is 4.75. The van der Waals surface area contributed by atoms with Crippen molar-refractivity contribution in [2.24, 2.45) is 5.92 Å². The molecule has 0 aliphatic carbocycles. The first-order valence-corrected chi connectivity index (χ1v) is 13.4. The van der Waals surface area contributed by atoms with Gasteiger partial charge in [0.05, 0.1) is 19.8 Å². The Hall–Kier alpha value is -2.90. The number of halogens is 4. The molecule has 0 amide bonds. The Morgan fingerprint density at radius 2 is 1.26 bits per heavy atom. The van der Waals surface area contributed by atoms with Gasteiger partial charge in [-0.25, -0.2) is 13.2 Å². The molecule has 0 spiro atoms. The van der Waals surface area contributed by atoms with Crippen LogP contribution in [0.15, 0.2) is 48.5 Å². The van der Waals surface area contributed by atoms with E-state index >= 15 is 8.78 Å². The number of unbranched alkanes of at least 4 members (excludes halogenated alkanes) is 4. The van der Waals surface area contributed by atoms with E-state index in [9.17, 15) is 8.78 Å². The van der Waals surface area contributed by atoms with Gasteiger partial charge in [-0.2, -0.15) is 4.39 Å². The number of ether oxygens (including phenoxy) is 3. The van der Waals surface area contributed by atoms with Crippen LogP contribution in [-0.2, 0) is 9.47 Å². The van der Waals surface area contributed by atoms with Gasteiger partial charge in [0.15, 0.2) is 29.5 Å². The Balaban J connectivity index is 1.43. The second-order valence-electron chi connectivity index (χ2n) is 9.65. The SMILES string of the molecule is CCCCCCCC1COC(c2ccc(-c3ccc(-c4ccc(OCC)c(F)c4F)cc3)c(F)c2F)OC1. The molecule has 204 valence electrons. The molecule has 1 saturated heterocycles. The Morgan fingerprint density at radius 3 is 1.87 bits per heavy atom. The summed E-state index contributed by atoms with van der Waals surface area (Å²) in [5.41, 5.74) is 0.922. The smallest absolute Gasteiger partial charge is 0.201 e. The fourth-order valence-electron chi connectivity index (χ4n) is 4.75. The highest BCUT2D eigenvalue weighted by Crippen LogP contribution is 2.35. The molecule has 0 atom stereocenters. The van der Waals surface area contributed by atoms with Crippen LogP contribution >= 0.6 is 0 Å². The largest absolute Gasteiger partial charge is 0.491 e. The van der Waals surface area contributed by atoms with Crippen molar-refractivity contribution in [3.05, 3.63) is 77.4 Å². The second kappa shape index (κ2) is 13.3. The summed E-state index contributed by atoms with van der Waals surface area (Å²) >= 11 is 0. The molecular weight excluding hydrogens is 496 g/mol. The average Bonchev–Trinajstić information content (AvgIpc) is 2.93. The predicted octanol–water partition coefficient (Wildman–Crippen LogP) is 9.00. The third-order valence-electron chi connectivity index (χ3n) is 6.90. The zero-order valence-electron chi connectivity index (χ0n) is 21.9. The van der Waals surface area contributed by atoms with Gasteiger partial charge in [-0.1, -0.05) is 75.4 Å². The summed E-state index contributed by atoms with van der Waals surface area (Å²) in [6.45, 7) is 4.98. The molecule has 1 aliphatic rings. The normalized spacial score (nSPS) is 17.5. The number of rotatable bonds is 11. The van der Waals surface area contributed by atoms with Crippen LogP contribution in [0.1, 0.15) is 64.2 Å². The Morgan fingerprint density at radius 1 is 0.684 bits per heavy atom. The van der Waals surface area contributed by atoms with Gasteiger partial charge in [-0.15, -0.1) is 0 Å². The van der Waals surface area contributed by atoms with Gasteiger partial charge in [0.1, 0.15) is 0 Å². The maximum absolute atomic E-state index is 15.1. The van der Waals surface area contributed by atoms with E-state index in [2.05, 4.69) is 6.92 Å². The van der Waals surface area contributed by atoms with Crippen molar-refractivity contribution in [2.75, 3.05) is 19.8 Å². The molecule has 1 heterocycles. The van der Waals surface area contributed by atoms with Gasteiger partial charge in [0.2, 0.25) is 5.82 Å². The van der Waals surface area contributed by atoms with Crippen molar-refractivity contribution in [1.82, 2.24) is 0 Å². The second-order valence-corrected chi connectivity index (χ2v) is 9.65. The van der Waals surface area contributed by atoms with E-state index in [1.165, 1.54) is 62.1 Å². The van der Waals surface area contributed by atoms with Gasteiger partial charge in [-0.05, 0) is 36.6 Å². The monoisotopic (exact) mass is 530 g/mol. The molecule has 38 heavy (non-hydrogen) atoms. The molecule has 3 nitrogen and oxygen atoms in total. The lowest BCUT2D eigenvalue weighted by Gasteiger charge is -2.30. The summed E-state index contributed by atoms with van der Waals surface area (Å²) in [5, 5.41) is 0. The van der Waals surface area contributed by atoms with Crippen LogP contribution in [0.5, 0.6) is 5.75 Å². The van der Waals surface area contributed by atoms with E-state index in [-0.39, 0.29) is 35.0 Å². The van der Waals surface area contributed by atoms with E-state index in [4.69, 9.17) is 14.2 Å². The molecule has 7 heteroatoms. The van der Waals surface area contributed by atoms with Gasteiger partial charge < -0.3 is 14.2 Å². The van der Waals surface area contributed by atoms with Crippen LogP contribution in [-0.4, -0.2) is 19.8 Å². The van der Waals surface area contributed by atoms with E-state index in [0.29, 0.717) is 24.3 Å². The van der Waals surface area contributed by atoms with E-state index < -0.39 is 29.6 Å². The lowest BCUT2D eigenvalue weighted by atomic mass is 9.98. The molecule has 0 radical (unpaired) electrons. The van der Waals surface area contributed by atoms with Crippen LogP contribution in [0, 0.1) is 29.2 Å². The maximum Gasteiger partial charge on any atom is 0.201 e. The molecule has 0 saturated carbocycles. The van der Waals surface area contributed by atoms with Crippen molar-refractivity contribution in [2.45, 2.75) is 58.7 Å². The first-order valence-electron chi connectivity index (χ1n) is 13.4. The van der Waals surface area contributed by atoms with Crippen molar-refractivity contribution in [1.29, 1.82) is 0 Å². The van der Waals surface area contributed by atoms with E-state index in [0.717, 1.165) is 12.8 Å². The minimum Gasteiger partial charge on any atom is -0.491 e. The third-order valence-corrected chi connectivity index (χ3v) is 6.90. The van der Waals surface area contributed by atoms with E-state index in [1.807, 2.05) is 0 Å². The molecule has 0 unspecified atom stereocenters. The molecule has 0 bridgehead atoms. The highest BCUT2D eigenvalue weighted by atomic mass is 19.2. The molecule has 0 N–H and O–H groups in total. The van der Waals surface area contributed by atoms with Gasteiger partial charge in [0.25, 0.3) is 0 Å². The molecule has 1 fully saturated rings. The summed E-state index contributed by atoms with van der Waals surface area (Å²) in [4.78, 5) is 0. The quantitative estimate of drug-likeness (QED) is 0.183. The van der Waals surface area contributed by atoms with Crippen molar-refractivity contribution in [3.8, 4) is 28.0 Å². The third kappa shape index (κ3) is 6.38. The molecule has 1 aliphatic heterocycles. The first-order chi connectivity index (χ1) is 18.4. The zero-order chi connectivity index (χ0) is 27.1. The molecule has 0 aromatic heterocycles. The number of benzene rings is 3. The van der Waals surface area contributed by atoms with Crippen LogP contribution in [0.4, 0.5) is 17.6 Å². The van der Waals surface area contributed by atoms with Gasteiger partial charge in [0, 0.05) is 22.6 Å². The Bertz CT molecular complexity index is 1200. The zero-order valence-corrected chi connectivity index (χ0v) is 21.9. The Labute approximate surface area is 221 Å². The number of hydrogen-bond acceptors (Lipinski definition) is 3. The fraction of sp³-hybridized carbons (Fsp3) is 0.419. The van der Waals surface area contributed by atoms with Gasteiger partial charge in [-0.3, -0.25) is 0 Å². The molecule has 3 aromatic carbocycles. The highest BCUT2D eigenvalue weighted by molar-refractivity contribution is 5.71. The summed E-state index contributed by atoms with van der Waals surface area (Å²) < 4.78 is 75.6. The van der Waals surface area contributed by atoms with E-state index in [1.54, 1.807) is 19.1 Å². The maximum atomic E-state index is 15.1. The standard InChI is InChI=1S/C31H34F4O3/c1-3-5-6-7-8-9-20-18-37-31(38-19-20)25-15-14-23(27(32)29(25)34)21-10-12-22(13-11-21)24-16-17-26(36-4-2)30(35)28(24)33/h10-17,20,31H,3-9,18-19H2,1-2H3. The lowest BCUT2D eigenvalue weighted by Crippen LogP contribution is -2.27. The van der Waals surface area contributed by atoms with Crippen LogP contribution in [0.3, 0.4) is 0 Å². The number of hydrogen-bond donors (Lipinski definition) is 0. The summed E-state index contributed by atoms with van der Waals surface area (Å²) in [6.07, 6.45) is 6.01. The molecule has 4 rings (SSSR count). The van der Waals surface area contributed by atoms with Crippen LogP contribution in [0.25, 0.3) is 22.3 Å². The summed E-state index contributed by atoms with van der Waals surface area (Å²) in [5.74, 6) is -4.04. The minimum absolute atomic E-state index is 0.0243. The van der Waals surface area contributed by atoms with Crippen molar-refractivity contribution >= 4 is 0 Å². The predicted molar refractivity (Wildman–Crippen MR) is 140 cm³/mol. The first kappa shape index (κ1) is 28.1.